The van der Waals surface area contributed by atoms with Crippen molar-refractivity contribution in [1.82, 2.24) is 20.9 Å². The lowest BCUT2D eigenvalue weighted by molar-refractivity contribution is -0.142. The van der Waals surface area contributed by atoms with Crippen molar-refractivity contribution in [1.29, 1.82) is 0 Å². The average molecular weight is 562 g/mol. The molecule has 3 amide bonds. The molecule has 1 aromatic carbocycles. The number of carboxylic acids is 1. The molecule has 0 saturated carbocycles. The van der Waals surface area contributed by atoms with E-state index in [2.05, 4.69) is 20.9 Å². The molecule has 0 aliphatic rings. The van der Waals surface area contributed by atoms with Crippen molar-refractivity contribution in [3.63, 3.8) is 0 Å². The normalized spacial score (nSPS) is 15.3. The van der Waals surface area contributed by atoms with Gasteiger partial charge in [0.2, 0.25) is 17.7 Å². The molecule has 0 aliphatic heterocycles. The number of H-pyrrole nitrogens is 1. The first kappa shape index (κ1) is 32.2. The van der Waals surface area contributed by atoms with Gasteiger partial charge in [-0.25, -0.2) is 4.79 Å². The van der Waals surface area contributed by atoms with Crippen LogP contribution in [0, 0.1) is 11.8 Å². The fraction of sp³-hybridized carbons (Fsp3) is 0.571. The Morgan fingerprint density at radius 3 is 2.21 bits per heavy atom. The highest BCUT2D eigenvalue weighted by Gasteiger charge is 2.31. The van der Waals surface area contributed by atoms with Gasteiger partial charge in [-0.1, -0.05) is 52.3 Å². The highest BCUT2D eigenvalue weighted by molar-refractivity contribution is 7.98. The molecule has 0 fully saturated rings. The summed E-state index contributed by atoms with van der Waals surface area (Å²) < 4.78 is 0. The van der Waals surface area contributed by atoms with Crippen LogP contribution in [0.15, 0.2) is 30.5 Å². The van der Waals surface area contributed by atoms with Crippen molar-refractivity contribution in [3.05, 3.63) is 36.0 Å². The van der Waals surface area contributed by atoms with Crippen molar-refractivity contribution < 1.29 is 24.3 Å². The lowest BCUT2D eigenvalue weighted by Crippen LogP contribution is -2.58. The number of hydrogen-bond donors (Lipinski definition) is 6. The van der Waals surface area contributed by atoms with Crippen LogP contribution in [-0.4, -0.2) is 70.0 Å². The smallest absolute Gasteiger partial charge is 0.326 e. The van der Waals surface area contributed by atoms with Crippen LogP contribution in [0.2, 0.25) is 0 Å². The quantitative estimate of drug-likeness (QED) is 0.183. The largest absolute Gasteiger partial charge is 0.480 e. The Labute approximate surface area is 234 Å². The van der Waals surface area contributed by atoms with Gasteiger partial charge in [0.15, 0.2) is 0 Å². The number of hydrogen-bond acceptors (Lipinski definition) is 6. The Bertz CT molecular complexity index is 1120. The highest BCUT2D eigenvalue weighted by atomic mass is 32.2. The van der Waals surface area contributed by atoms with Crippen molar-refractivity contribution in [3.8, 4) is 0 Å². The Hall–Kier alpha value is -3.05. The van der Waals surface area contributed by atoms with Gasteiger partial charge < -0.3 is 31.8 Å². The maximum atomic E-state index is 13.3. The van der Waals surface area contributed by atoms with Crippen LogP contribution >= 0.6 is 11.8 Å². The van der Waals surface area contributed by atoms with Gasteiger partial charge in [0.1, 0.15) is 18.1 Å². The van der Waals surface area contributed by atoms with Crippen LogP contribution in [0.1, 0.15) is 52.5 Å². The maximum absolute atomic E-state index is 13.3. The number of fused-ring (bicyclic) bond motifs is 1. The third kappa shape index (κ3) is 9.58. The van der Waals surface area contributed by atoms with Crippen LogP contribution in [0.5, 0.6) is 0 Å². The number of aromatic amines is 1. The van der Waals surface area contributed by atoms with E-state index in [0.717, 1.165) is 22.9 Å². The summed E-state index contributed by atoms with van der Waals surface area (Å²) in [7, 11) is 0. The first-order valence-electron chi connectivity index (χ1n) is 13.4. The number of thioether (sulfide) groups is 1. The molecule has 0 aliphatic carbocycles. The van der Waals surface area contributed by atoms with Gasteiger partial charge in [0.05, 0.1) is 6.04 Å². The molecule has 0 bridgehead atoms. The highest BCUT2D eigenvalue weighted by Crippen LogP contribution is 2.19. The van der Waals surface area contributed by atoms with Crippen molar-refractivity contribution >= 4 is 46.4 Å². The number of amides is 3. The Morgan fingerprint density at radius 2 is 1.59 bits per heavy atom. The van der Waals surface area contributed by atoms with Gasteiger partial charge in [-0.05, 0) is 48.3 Å². The number of nitrogens with two attached hydrogens (primary N) is 1. The number of carboxylic acid groups (broad SMARTS) is 1. The van der Waals surface area contributed by atoms with E-state index in [1.807, 2.05) is 58.2 Å². The summed E-state index contributed by atoms with van der Waals surface area (Å²) in [5, 5.41) is 18.9. The maximum Gasteiger partial charge on any atom is 0.326 e. The molecule has 2 aromatic rings. The predicted molar refractivity (Wildman–Crippen MR) is 155 cm³/mol. The standard InChI is InChI=1S/C28H43N5O5S/c1-6-17(4)24(29)27(36)31-21(11-12-39-5)25(34)32-22(13-16(2)3)26(35)33-23(28(37)38)14-18-15-30-20-10-8-7-9-19(18)20/h7-10,15-17,21-24,30H,6,11-14,29H2,1-5H3,(H,31,36)(H,32,34)(H,33,35)(H,37,38). The lowest BCUT2D eigenvalue weighted by Gasteiger charge is -2.26. The van der Waals surface area contributed by atoms with Gasteiger partial charge in [-0.2, -0.15) is 11.8 Å². The number of carbonyl (C=O) groups is 4. The minimum Gasteiger partial charge on any atom is -0.480 e. The fourth-order valence-corrected chi connectivity index (χ4v) is 4.72. The summed E-state index contributed by atoms with van der Waals surface area (Å²) in [4.78, 5) is 54.5. The summed E-state index contributed by atoms with van der Waals surface area (Å²) in [5.41, 5.74) is 7.70. The predicted octanol–water partition coefficient (Wildman–Crippen LogP) is 2.42. The topological polar surface area (TPSA) is 166 Å². The average Bonchev–Trinajstić information content (AvgIpc) is 3.31. The number of nitrogens with one attached hydrogen (secondary N) is 4. The molecular weight excluding hydrogens is 518 g/mol. The molecule has 1 heterocycles. The van der Waals surface area contributed by atoms with Crippen LogP contribution in [0.3, 0.4) is 0 Å². The molecule has 1 aromatic heterocycles. The Kier molecular flexibility index (Phi) is 12.8. The molecule has 5 unspecified atom stereocenters. The van der Waals surface area contributed by atoms with Crippen molar-refractivity contribution in [2.24, 2.45) is 17.6 Å². The summed E-state index contributed by atoms with van der Waals surface area (Å²) in [6, 6.07) is 3.74. The number of para-hydroxylation sites is 1. The zero-order chi connectivity index (χ0) is 29.1. The van der Waals surface area contributed by atoms with Crippen molar-refractivity contribution in [2.45, 2.75) is 77.5 Å². The molecule has 39 heavy (non-hydrogen) atoms. The first-order valence-corrected chi connectivity index (χ1v) is 14.8. The number of aliphatic carboxylic acids is 1. The van der Waals surface area contributed by atoms with E-state index in [1.165, 1.54) is 11.8 Å². The summed E-state index contributed by atoms with van der Waals surface area (Å²) in [6.07, 6.45) is 5.09. The number of carbonyl (C=O) groups excluding carboxylic acids is 3. The molecule has 5 atom stereocenters. The molecule has 7 N–H and O–H groups in total. The second-order valence-electron chi connectivity index (χ2n) is 10.4. The minimum atomic E-state index is -1.19. The van der Waals surface area contributed by atoms with E-state index in [9.17, 15) is 24.3 Å². The van der Waals surface area contributed by atoms with E-state index >= 15 is 0 Å². The third-order valence-corrected chi connectivity index (χ3v) is 7.50. The third-order valence-electron chi connectivity index (χ3n) is 6.86. The van der Waals surface area contributed by atoms with E-state index in [0.29, 0.717) is 18.6 Å². The van der Waals surface area contributed by atoms with Gasteiger partial charge in [-0.3, -0.25) is 14.4 Å². The van der Waals surface area contributed by atoms with E-state index in [4.69, 9.17) is 5.73 Å². The zero-order valence-corrected chi connectivity index (χ0v) is 24.3. The van der Waals surface area contributed by atoms with E-state index in [-0.39, 0.29) is 18.3 Å². The summed E-state index contributed by atoms with van der Waals surface area (Å²) >= 11 is 1.53. The number of aromatic nitrogens is 1. The van der Waals surface area contributed by atoms with Crippen LogP contribution in [0.4, 0.5) is 0 Å². The first-order chi connectivity index (χ1) is 18.5. The molecule has 10 nitrogen and oxygen atoms in total. The van der Waals surface area contributed by atoms with Gasteiger partial charge in [0, 0.05) is 23.5 Å². The van der Waals surface area contributed by atoms with Crippen LogP contribution in [0.25, 0.3) is 10.9 Å². The molecule has 0 radical (unpaired) electrons. The number of rotatable bonds is 16. The lowest BCUT2D eigenvalue weighted by atomic mass is 9.98. The van der Waals surface area contributed by atoms with Gasteiger partial charge >= 0.3 is 5.97 Å². The molecular formula is C28H43N5O5S. The Morgan fingerprint density at radius 1 is 0.974 bits per heavy atom. The van der Waals surface area contributed by atoms with Gasteiger partial charge in [0.25, 0.3) is 0 Å². The molecule has 11 heteroatoms. The molecule has 0 spiro atoms. The summed E-state index contributed by atoms with van der Waals surface area (Å²) in [6.45, 7) is 7.63. The molecule has 216 valence electrons. The minimum absolute atomic E-state index is 0.0380. The second-order valence-corrected chi connectivity index (χ2v) is 11.4. The zero-order valence-electron chi connectivity index (χ0n) is 23.5. The second kappa shape index (κ2) is 15.5. The molecule has 2 rings (SSSR count). The van der Waals surface area contributed by atoms with E-state index < -0.39 is 47.9 Å². The fourth-order valence-electron chi connectivity index (χ4n) is 4.25. The van der Waals surface area contributed by atoms with Crippen molar-refractivity contribution in [2.75, 3.05) is 12.0 Å². The van der Waals surface area contributed by atoms with Gasteiger partial charge in [-0.15, -0.1) is 0 Å². The van der Waals surface area contributed by atoms with E-state index in [1.54, 1.807) is 6.20 Å². The SMILES string of the molecule is CCC(C)C(N)C(=O)NC(CCSC)C(=O)NC(CC(C)C)C(=O)NC(Cc1c[nH]c2ccccc12)C(=O)O. The monoisotopic (exact) mass is 561 g/mol. The van der Waals surface area contributed by atoms with Crippen LogP contribution < -0.4 is 21.7 Å². The number of benzene rings is 1. The Balaban J connectivity index is 2.17. The molecule has 0 saturated heterocycles. The summed E-state index contributed by atoms with van der Waals surface area (Å²) in [5.74, 6) is -2.08. The van der Waals surface area contributed by atoms with Crippen LogP contribution in [-0.2, 0) is 25.6 Å².